The summed E-state index contributed by atoms with van der Waals surface area (Å²) in [6, 6.07) is -1.19. The van der Waals surface area contributed by atoms with Gasteiger partial charge >= 0.3 is 0 Å². The summed E-state index contributed by atoms with van der Waals surface area (Å²) in [4.78, 5) is 13.2. The van der Waals surface area contributed by atoms with E-state index in [1.54, 1.807) is 0 Å². The number of nitrogens with one attached hydrogen (secondary N) is 1. The second-order valence-electron chi connectivity index (χ2n) is 23.5. The molecule has 1 saturated heterocycles. The van der Waals surface area contributed by atoms with Crippen LogP contribution in [0.4, 0.5) is 0 Å². The third-order valence-corrected chi connectivity index (χ3v) is 16.2. The number of ether oxygens (including phenoxy) is 2. The molecule has 1 aliphatic heterocycles. The van der Waals surface area contributed by atoms with Crippen molar-refractivity contribution >= 4 is 5.91 Å². The molecule has 9 unspecified atom stereocenters. The van der Waals surface area contributed by atoms with Gasteiger partial charge in [0, 0.05) is 0 Å². The summed E-state index contributed by atoms with van der Waals surface area (Å²) in [6.45, 7) is 3.48. The Balaban J connectivity index is 2.22. The van der Waals surface area contributed by atoms with E-state index in [1.165, 1.54) is 238 Å². The lowest BCUT2D eigenvalue weighted by molar-refractivity contribution is -0.303. The maximum Gasteiger partial charge on any atom is 0.249 e. The first-order chi connectivity index (χ1) is 37.7. The number of hydrogen-bond acceptors (Lipinski definition) is 10. The van der Waals surface area contributed by atoms with Crippen molar-refractivity contribution in [1.29, 1.82) is 0 Å². The Kier molecular flexibility index (Phi) is 52.7. The first kappa shape index (κ1) is 73.6. The van der Waals surface area contributed by atoms with E-state index >= 15 is 0 Å². The maximum atomic E-state index is 13.2. The molecule has 11 nitrogen and oxygen atoms in total. The highest BCUT2D eigenvalue weighted by Gasteiger charge is 2.44. The average Bonchev–Trinajstić information content (AvgIpc) is 3.43. The van der Waals surface area contributed by atoms with Crippen LogP contribution in [0.15, 0.2) is 24.3 Å². The Morgan fingerprint density at radius 3 is 1.16 bits per heavy atom. The van der Waals surface area contributed by atoms with E-state index in [9.17, 15) is 40.5 Å². The minimum Gasteiger partial charge on any atom is -0.394 e. The third kappa shape index (κ3) is 43.0. The summed E-state index contributed by atoms with van der Waals surface area (Å²) in [6.07, 6.45) is 56.9. The summed E-state index contributed by atoms with van der Waals surface area (Å²) in [5.74, 6) is -0.704. The van der Waals surface area contributed by atoms with Crippen LogP contribution in [0.3, 0.4) is 0 Å². The third-order valence-electron chi connectivity index (χ3n) is 16.2. The number of carbonyl (C=O) groups excluding carboxylic acids is 1. The molecule has 1 fully saturated rings. The number of aliphatic hydroxyl groups is 7. The molecule has 0 radical (unpaired) electrons. The standard InChI is InChI=1S/C66H127NO10/c1-3-5-7-9-11-13-15-17-19-21-23-25-26-27-28-29-30-31-32-33-34-36-38-40-42-44-46-48-50-52-54-59(70)65(75)67-57(56-76-66-64(74)63(73)62(72)60(55-68)77-66)61(71)58(69)53-51-49-47-45-43-41-39-37-35-24-22-20-18-16-14-12-10-8-6-4-2/h37,39,45,47,57-64,66,68-74H,3-36,38,40-44,46,48-56H2,1-2H3,(H,67,75)/b39-37+,47-45+. The van der Waals surface area contributed by atoms with E-state index in [0.29, 0.717) is 19.3 Å². The van der Waals surface area contributed by atoms with Gasteiger partial charge in [0.2, 0.25) is 5.91 Å². The molecule has 11 heteroatoms. The number of unbranched alkanes of at least 4 members (excludes halogenated alkanes) is 42. The van der Waals surface area contributed by atoms with Crippen molar-refractivity contribution < 1.29 is 50.0 Å². The van der Waals surface area contributed by atoms with Crippen LogP contribution in [-0.4, -0.2) is 110 Å². The second-order valence-corrected chi connectivity index (χ2v) is 23.5. The lowest BCUT2D eigenvalue weighted by atomic mass is 9.98. The molecule has 1 rings (SSSR count). The van der Waals surface area contributed by atoms with Crippen molar-refractivity contribution in [2.45, 2.75) is 377 Å². The molecule has 1 aliphatic rings. The zero-order valence-corrected chi connectivity index (χ0v) is 50.2. The molecule has 1 heterocycles. The van der Waals surface area contributed by atoms with Crippen molar-refractivity contribution in [2.75, 3.05) is 13.2 Å². The van der Waals surface area contributed by atoms with Crippen LogP contribution < -0.4 is 5.32 Å². The zero-order valence-electron chi connectivity index (χ0n) is 50.2. The molecule has 0 saturated carbocycles. The maximum absolute atomic E-state index is 13.2. The average molecular weight is 1090 g/mol. The Labute approximate surface area is 474 Å². The molecule has 0 bridgehead atoms. The summed E-state index contributed by atoms with van der Waals surface area (Å²) < 4.78 is 11.2. The second kappa shape index (κ2) is 55.1. The number of carbonyl (C=O) groups is 1. The van der Waals surface area contributed by atoms with Gasteiger partial charge in [-0.3, -0.25) is 4.79 Å². The van der Waals surface area contributed by atoms with Crippen molar-refractivity contribution in [3.8, 4) is 0 Å². The van der Waals surface area contributed by atoms with Crippen LogP contribution in [0, 0.1) is 0 Å². The number of allylic oxidation sites excluding steroid dienone is 4. The number of amides is 1. The largest absolute Gasteiger partial charge is 0.394 e. The summed E-state index contributed by atoms with van der Waals surface area (Å²) >= 11 is 0. The van der Waals surface area contributed by atoms with Crippen LogP contribution in [0.25, 0.3) is 0 Å². The molecule has 1 amide bonds. The summed E-state index contributed by atoms with van der Waals surface area (Å²) in [7, 11) is 0. The van der Waals surface area contributed by atoms with Gasteiger partial charge in [0.05, 0.1) is 25.4 Å². The van der Waals surface area contributed by atoms with Gasteiger partial charge in [-0.2, -0.15) is 0 Å². The van der Waals surface area contributed by atoms with Gasteiger partial charge in [0.1, 0.15) is 36.6 Å². The molecule has 0 spiro atoms. The number of aliphatic hydroxyl groups excluding tert-OH is 7. The van der Waals surface area contributed by atoms with Crippen LogP contribution in [0.1, 0.15) is 322 Å². The van der Waals surface area contributed by atoms with Crippen molar-refractivity contribution in [3.63, 3.8) is 0 Å². The van der Waals surface area contributed by atoms with Crippen LogP contribution in [0.5, 0.6) is 0 Å². The fourth-order valence-corrected chi connectivity index (χ4v) is 10.9. The van der Waals surface area contributed by atoms with Gasteiger partial charge in [0.15, 0.2) is 6.29 Å². The minimum absolute atomic E-state index is 0.249. The predicted molar refractivity (Wildman–Crippen MR) is 321 cm³/mol. The molecular weight excluding hydrogens is 967 g/mol. The van der Waals surface area contributed by atoms with Gasteiger partial charge in [0.25, 0.3) is 0 Å². The van der Waals surface area contributed by atoms with Crippen molar-refractivity contribution in [2.24, 2.45) is 0 Å². The zero-order chi connectivity index (χ0) is 56.1. The Bertz CT molecular complexity index is 1300. The lowest BCUT2D eigenvalue weighted by Gasteiger charge is -2.40. The first-order valence-corrected chi connectivity index (χ1v) is 33.2. The van der Waals surface area contributed by atoms with E-state index in [1.807, 2.05) is 0 Å². The number of rotatable bonds is 58. The Morgan fingerprint density at radius 1 is 0.442 bits per heavy atom. The molecule has 8 N–H and O–H groups in total. The SMILES string of the molecule is CCCCCCCCCCCCC/C=C/CC/C=C/CCCC(O)C(O)C(COC1OC(CO)C(O)C(O)C1O)NC(=O)C(O)CCCCCCCCCCCCCCCCCCCCCCCCCCCCCCCC. The topological polar surface area (TPSA) is 189 Å². The van der Waals surface area contributed by atoms with Crippen LogP contribution in [-0.2, 0) is 14.3 Å². The Hall–Kier alpha value is -1.41. The van der Waals surface area contributed by atoms with Gasteiger partial charge < -0.3 is 50.5 Å². The van der Waals surface area contributed by atoms with E-state index in [4.69, 9.17) is 9.47 Å². The van der Waals surface area contributed by atoms with E-state index in [0.717, 1.165) is 38.5 Å². The van der Waals surface area contributed by atoms with Gasteiger partial charge in [-0.05, 0) is 51.4 Å². The molecule has 456 valence electrons. The monoisotopic (exact) mass is 1090 g/mol. The molecule has 0 aliphatic carbocycles. The van der Waals surface area contributed by atoms with Crippen LogP contribution in [0.2, 0.25) is 0 Å². The highest BCUT2D eigenvalue weighted by atomic mass is 16.7. The Morgan fingerprint density at radius 2 is 0.779 bits per heavy atom. The van der Waals surface area contributed by atoms with Gasteiger partial charge in [-0.1, -0.05) is 295 Å². The van der Waals surface area contributed by atoms with E-state index in [2.05, 4.69) is 43.5 Å². The fraction of sp³-hybridized carbons (Fsp3) is 0.924. The molecular formula is C66H127NO10. The number of hydrogen-bond donors (Lipinski definition) is 8. The molecule has 9 atom stereocenters. The lowest BCUT2D eigenvalue weighted by Crippen LogP contribution is -2.60. The van der Waals surface area contributed by atoms with Crippen molar-refractivity contribution in [1.82, 2.24) is 5.32 Å². The first-order valence-electron chi connectivity index (χ1n) is 33.2. The fourth-order valence-electron chi connectivity index (χ4n) is 10.9. The van der Waals surface area contributed by atoms with Gasteiger partial charge in [-0.25, -0.2) is 0 Å². The van der Waals surface area contributed by atoms with Crippen LogP contribution >= 0.6 is 0 Å². The van der Waals surface area contributed by atoms with Crippen molar-refractivity contribution in [3.05, 3.63) is 24.3 Å². The highest BCUT2D eigenvalue weighted by molar-refractivity contribution is 5.80. The van der Waals surface area contributed by atoms with E-state index < -0.39 is 74.2 Å². The van der Waals surface area contributed by atoms with Gasteiger partial charge in [-0.15, -0.1) is 0 Å². The highest BCUT2D eigenvalue weighted by Crippen LogP contribution is 2.24. The summed E-state index contributed by atoms with van der Waals surface area (Å²) in [5, 5.41) is 76.3. The molecule has 77 heavy (non-hydrogen) atoms. The predicted octanol–water partition coefficient (Wildman–Crippen LogP) is 15.2. The molecule has 0 aromatic rings. The van der Waals surface area contributed by atoms with E-state index in [-0.39, 0.29) is 12.8 Å². The summed E-state index contributed by atoms with van der Waals surface area (Å²) in [5.41, 5.74) is 0. The smallest absolute Gasteiger partial charge is 0.249 e. The quantitative estimate of drug-likeness (QED) is 0.0215. The minimum atomic E-state index is -1.67. The normalized spacial score (nSPS) is 19.6. The molecule has 0 aromatic heterocycles. The molecule has 0 aromatic carbocycles.